The standard InChI is InChI=1S/C11H19NO2/c1-10(2)6-4-7(9(13)14)11(3,12)8(10)5-6/h6-8H,4-5,12H2,1-3H3,(H,13,14)/t6-,7+,8+,11-/m1/s1. The molecule has 0 spiro atoms. The Morgan fingerprint density at radius 3 is 2.29 bits per heavy atom. The molecule has 0 radical (unpaired) electrons. The van der Waals surface area contributed by atoms with Crippen LogP contribution in [0.4, 0.5) is 0 Å². The van der Waals surface area contributed by atoms with Gasteiger partial charge in [-0.05, 0) is 37.0 Å². The number of aliphatic carboxylic acids is 1. The summed E-state index contributed by atoms with van der Waals surface area (Å²) in [5.41, 5.74) is 5.92. The zero-order valence-electron chi connectivity index (χ0n) is 9.08. The van der Waals surface area contributed by atoms with E-state index >= 15 is 0 Å². The molecule has 14 heavy (non-hydrogen) atoms. The summed E-state index contributed by atoms with van der Waals surface area (Å²) in [6.45, 7) is 6.34. The van der Waals surface area contributed by atoms with Crippen molar-refractivity contribution in [3.63, 3.8) is 0 Å². The summed E-state index contributed by atoms with van der Waals surface area (Å²) in [4.78, 5) is 11.1. The highest BCUT2D eigenvalue weighted by molar-refractivity contribution is 5.72. The van der Waals surface area contributed by atoms with E-state index in [0.29, 0.717) is 11.8 Å². The average Bonchev–Trinajstić information content (AvgIpc) is 2.00. The van der Waals surface area contributed by atoms with Gasteiger partial charge in [0.15, 0.2) is 0 Å². The number of fused-ring (bicyclic) bond motifs is 2. The molecule has 3 aliphatic rings. The minimum Gasteiger partial charge on any atom is -0.481 e. The van der Waals surface area contributed by atoms with Crippen LogP contribution in [-0.2, 0) is 4.79 Å². The van der Waals surface area contributed by atoms with Gasteiger partial charge >= 0.3 is 5.97 Å². The fraction of sp³-hybridized carbons (Fsp3) is 0.909. The smallest absolute Gasteiger partial charge is 0.308 e. The van der Waals surface area contributed by atoms with Gasteiger partial charge in [0, 0.05) is 5.54 Å². The van der Waals surface area contributed by atoms with Crippen molar-refractivity contribution in [2.24, 2.45) is 28.9 Å². The molecule has 0 unspecified atom stereocenters. The Morgan fingerprint density at radius 1 is 1.36 bits per heavy atom. The summed E-state index contributed by atoms with van der Waals surface area (Å²) in [6.07, 6.45) is 1.87. The van der Waals surface area contributed by atoms with Crippen molar-refractivity contribution in [1.82, 2.24) is 0 Å². The molecular formula is C11H19NO2. The maximum Gasteiger partial charge on any atom is 0.308 e. The van der Waals surface area contributed by atoms with Gasteiger partial charge in [-0.15, -0.1) is 0 Å². The number of rotatable bonds is 1. The first-order chi connectivity index (χ1) is 6.28. The number of nitrogens with two attached hydrogens (primary N) is 1. The van der Waals surface area contributed by atoms with Crippen LogP contribution in [0.1, 0.15) is 33.6 Å². The average molecular weight is 197 g/mol. The van der Waals surface area contributed by atoms with E-state index in [0.717, 1.165) is 12.8 Å². The topological polar surface area (TPSA) is 63.3 Å². The molecule has 0 amide bonds. The van der Waals surface area contributed by atoms with E-state index in [1.807, 2.05) is 6.92 Å². The molecule has 0 aromatic rings. The van der Waals surface area contributed by atoms with Crippen LogP contribution in [0.2, 0.25) is 0 Å². The predicted octanol–water partition coefficient (Wildman–Crippen LogP) is 1.47. The van der Waals surface area contributed by atoms with Crippen molar-refractivity contribution in [3.8, 4) is 0 Å². The minimum atomic E-state index is -0.722. The highest BCUT2D eigenvalue weighted by atomic mass is 16.4. The molecule has 0 heterocycles. The zero-order valence-corrected chi connectivity index (χ0v) is 9.08. The summed E-state index contributed by atoms with van der Waals surface area (Å²) in [6, 6.07) is 0. The number of carboxylic acids is 1. The lowest BCUT2D eigenvalue weighted by molar-refractivity contribution is -0.173. The summed E-state index contributed by atoms with van der Waals surface area (Å²) < 4.78 is 0. The first-order valence-corrected chi connectivity index (χ1v) is 5.29. The third kappa shape index (κ3) is 0.991. The van der Waals surface area contributed by atoms with Gasteiger partial charge in [-0.2, -0.15) is 0 Å². The maximum atomic E-state index is 11.1. The van der Waals surface area contributed by atoms with Crippen LogP contribution in [0.5, 0.6) is 0 Å². The van der Waals surface area contributed by atoms with Crippen LogP contribution in [-0.4, -0.2) is 16.6 Å². The predicted molar refractivity (Wildman–Crippen MR) is 53.7 cm³/mol. The zero-order chi connectivity index (χ0) is 10.7. The van der Waals surface area contributed by atoms with Gasteiger partial charge in [0.05, 0.1) is 5.92 Å². The Labute approximate surface area is 84.7 Å². The van der Waals surface area contributed by atoms with Gasteiger partial charge in [0.2, 0.25) is 0 Å². The van der Waals surface area contributed by atoms with Gasteiger partial charge in [-0.1, -0.05) is 13.8 Å². The Kier molecular flexibility index (Phi) is 1.79. The van der Waals surface area contributed by atoms with Crippen LogP contribution in [0.3, 0.4) is 0 Å². The normalized spacial score (nSPS) is 49.6. The quantitative estimate of drug-likeness (QED) is 0.669. The van der Waals surface area contributed by atoms with Crippen molar-refractivity contribution >= 4 is 5.97 Å². The maximum absolute atomic E-state index is 11.1. The first-order valence-electron chi connectivity index (χ1n) is 5.29. The summed E-state index contributed by atoms with van der Waals surface area (Å²) >= 11 is 0. The fourth-order valence-electron chi connectivity index (χ4n) is 3.62. The van der Waals surface area contributed by atoms with Crippen LogP contribution in [0.15, 0.2) is 0 Å². The largest absolute Gasteiger partial charge is 0.481 e. The molecule has 3 fully saturated rings. The molecule has 0 aromatic heterocycles. The van der Waals surface area contributed by atoms with Crippen molar-refractivity contribution in [2.75, 3.05) is 0 Å². The lowest BCUT2D eigenvalue weighted by atomic mass is 9.41. The van der Waals surface area contributed by atoms with Crippen molar-refractivity contribution in [2.45, 2.75) is 39.2 Å². The van der Waals surface area contributed by atoms with E-state index in [2.05, 4.69) is 13.8 Å². The van der Waals surface area contributed by atoms with Crippen LogP contribution in [0, 0.1) is 23.2 Å². The van der Waals surface area contributed by atoms with E-state index in [4.69, 9.17) is 10.8 Å². The van der Waals surface area contributed by atoms with Gasteiger partial charge in [0.1, 0.15) is 0 Å². The van der Waals surface area contributed by atoms with E-state index in [9.17, 15) is 4.79 Å². The highest BCUT2D eigenvalue weighted by Gasteiger charge is 2.63. The minimum absolute atomic E-state index is 0.245. The summed E-state index contributed by atoms with van der Waals surface area (Å²) in [5, 5.41) is 9.10. The van der Waals surface area contributed by atoms with Crippen LogP contribution in [0.25, 0.3) is 0 Å². The second-order valence-electron chi connectivity index (χ2n) is 5.80. The second kappa shape index (κ2) is 2.51. The molecule has 3 rings (SSSR count). The fourth-order valence-corrected chi connectivity index (χ4v) is 3.62. The summed E-state index contributed by atoms with van der Waals surface area (Å²) in [5.74, 6) is -0.139. The van der Waals surface area contributed by atoms with Crippen LogP contribution < -0.4 is 5.73 Å². The molecule has 3 aliphatic carbocycles. The lowest BCUT2D eigenvalue weighted by Crippen LogP contribution is -2.69. The van der Waals surface area contributed by atoms with Gasteiger partial charge in [0.25, 0.3) is 0 Å². The van der Waals surface area contributed by atoms with Gasteiger partial charge in [-0.3, -0.25) is 4.79 Å². The van der Waals surface area contributed by atoms with E-state index in [1.54, 1.807) is 0 Å². The Morgan fingerprint density at radius 2 is 1.93 bits per heavy atom. The first kappa shape index (κ1) is 9.97. The monoisotopic (exact) mass is 197 g/mol. The number of carbonyl (C=O) groups is 1. The van der Waals surface area contributed by atoms with Crippen molar-refractivity contribution < 1.29 is 9.90 Å². The molecule has 3 heteroatoms. The Balaban J connectivity index is 2.29. The number of hydrogen-bond acceptors (Lipinski definition) is 2. The van der Waals surface area contributed by atoms with E-state index < -0.39 is 11.5 Å². The Bertz CT molecular complexity index is 283. The van der Waals surface area contributed by atoms with Crippen molar-refractivity contribution in [1.29, 1.82) is 0 Å². The number of carboxylic acid groups (broad SMARTS) is 1. The molecule has 0 saturated heterocycles. The number of hydrogen-bond donors (Lipinski definition) is 2. The third-order valence-electron chi connectivity index (χ3n) is 4.79. The molecular weight excluding hydrogens is 178 g/mol. The van der Waals surface area contributed by atoms with Crippen molar-refractivity contribution in [3.05, 3.63) is 0 Å². The van der Waals surface area contributed by atoms with E-state index in [-0.39, 0.29) is 11.3 Å². The molecule has 3 saturated carbocycles. The van der Waals surface area contributed by atoms with Gasteiger partial charge in [-0.25, -0.2) is 0 Å². The molecule has 4 atom stereocenters. The van der Waals surface area contributed by atoms with Crippen LogP contribution >= 0.6 is 0 Å². The van der Waals surface area contributed by atoms with E-state index in [1.165, 1.54) is 0 Å². The lowest BCUT2D eigenvalue weighted by Gasteiger charge is -2.65. The molecule has 3 nitrogen and oxygen atoms in total. The highest BCUT2D eigenvalue weighted by Crippen LogP contribution is 2.63. The molecule has 80 valence electrons. The Hall–Kier alpha value is -0.570. The SMILES string of the molecule is CC1(C)[C@@H]2C[C@@H](C(=O)O)[C@@](C)(N)[C@H]1C2. The molecule has 3 N–H and O–H groups in total. The third-order valence-corrected chi connectivity index (χ3v) is 4.79. The second-order valence-corrected chi connectivity index (χ2v) is 5.80. The summed E-state index contributed by atoms with van der Waals surface area (Å²) in [7, 11) is 0. The molecule has 0 aromatic carbocycles. The van der Waals surface area contributed by atoms with Gasteiger partial charge < -0.3 is 10.8 Å². The molecule has 2 bridgehead atoms. The molecule has 0 aliphatic heterocycles.